The zero-order valence-corrected chi connectivity index (χ0v) is 13.9. The standard InChI is InChI=1S/C13H24N2O11/c1-15(22)14-4-25-13-11(21)9(19)8(18)6(26-13)3-24-12-10(20)7(17)5(16)2-23-12/h5-13,16-21H,2-4H2,1H3/t5-,6+,7-,8-,9-,10-,11-,12-,13-/m1/s1. The minimum atomic E-state index is -1.63. The van der Waals surface area contributed by atoms with Crippen molar-refractivity contribution in [2.45, 2.75) is 55.3 Å². The zero-order valence-electron chi connectivity index (χ0n) is 13.9. The minimum Gasteiger partial charge on any atom is -0.600 e. The van der Waals surface area contributed by atoms with E-state index in [-0.39, 0.29) is 11.5 Å². The highest BCUT2D eigenvalue weighted by Gasteiger charge is 2.45. The molecule has 13 heteroatoms. The molecule has 2 rings (SSSR count). The number of nitrogens with zero attached hydrogens (tertiary/aromatic N) is 2. The summed E-state index contributed by atoms with van der Waals surface area (Å²) in [5.74, 6) is 0. The van der Waals surface area contributed by atoms with Crippen LogP contribution in [0, 0.1) is 5.21 Å². The molecule has 0 spiro atoms. The van der Waals surface area contributed by atoms with Crippen LogP contribution < -0.4 is 0 Å². The fourth-order valence-corrected chi connectivity index (χ4v) is 2.50. The second kappa shape index (κ2) is 9.27. The van der Waals surface area contributed by atoms with Crippen molar-refractivity contribution in [3.8, 4) is 0 Å². The van der Waals surface area contributed by atoms with Crippen LogP contribution in [0.15, 0.2) is 5.11 Å². The van der Waals surface area contributed by atoms with E-state index in [1.807, 2.05) is 0 Å². The summed E-state index contributed by atoms with van der Waals surface area (Å²) in [7, 11) is 1.12. The van der Waals surface area contributed by atoms with Crippen molar-refractivity contribution < 1.29 is 54.4 Å². The first-order chi connectivity index (χ1) is 12.2. The molecule has 2 fully saturated rings. The van der Waals surface area contributed by atoms with Gasteiger partial charge < -0.3 is 54.8 Å². The van der Waals surface area contributed by atoms with E-state index in [1.165, 1.54) is 0 Å². The first kappa shape index (κ1) is 21.3. The molecule has 0 saturated carbocycles. The zero-order chi connectivity index (χ0) is 19.4. The Morgan fingerprint density at radius 3 is 2.27 bits per heavy atom. The molecule has 2 saturated heterocycles. The molecule has 26 heavy (non-hydrogen) atoms. The van der Waals surface area contributed by atoms with Gasteiger partial charge in [-0.25, -0.2) is 0 Å². The molecule has 152 valence electrons. The van der Waals surface area contributed by atoms with E-state index in [2.05, 4.69) is 5.11 Å². The summed E-state index contributed by atoms with van der Waals surface area (Å²) in [6.07, 6.45) is -12.9. The molecule has 0 amide bonds. The van der Waals surface area contributed by atoms with Gasteiger partial charge in [0.15, 0.2) is 19.6 Å². The lowest BCUT2D eigenvalue weighted by atomic mass is 9.99. The molecule has 9 atom stereocenters. The number of azo groups is 1. The van der Waals surface area contributed by atoms with Gasteiger partial charge in [-0.3, -0.25) is 0 Å². The lowest BCUT2D eigenvalue weighted by Crippen LogP contribution is -2.60. The third-order valence-corrected chi connectivity index (χ3v) is 4.04. The molecular formula is C13H24N2O11. The summed E-state index contributed by atoms with van der Waals surface area (Å²) in [5, 5.41) is 72.5. The number of hydroxylamine groups is 1. The maximum atomic E-state index is 10.7. The highest BCUT2D eigenvalue weighted by atomic mass is 16.7. The van der Waals surface area contributed by atoms with Gasteiger partial charge in [0, 0.05) is 0 Å². The van der Waals surface area contributed by atoms with E-state index in [9.17, 15) is 35.8 Å². The van der Waals surface area contributed by atoms with Crippen LogP contribution in [-0.2, 0) is 18.9 Å². The molecule has 6 N–H and O–H groups in total. The van der Waals surface area contributed by atoms with Crippen LogP contribution >= 0.6 is 0 Å². The number of rotatable bonds is 6. The van der Waals surface area contributed by atoms with Crippen molar-refractivity contribution in [3.05, 3.63) is 5.21 Å². The van der Waals surface area contributed by atoms with Crippen LogP contribution in [-0.4, -0.2) is 118 Å². The molecule has 0 radical (unpaired) electrons. The predicted molar refractivity (Wildman–Crippen MR) is 78.3 cm³/mol. The van der Waals surface area contributed by atoms with Crippen LogP contribution in [0.1, 0.15) is 0 Å². The smallest absolute Gasteiger partial charge is 0.203 e. The van der Waals surface area contributed by atoms with Crippen LogP contribution in [0.5, 0.6) is 0 Å². The monoisotopic (exact) mass is 384 g/mol. The van der Waals surface area contributed by atoms with Crippen LogP contribution in [0.3, 0.4) is 0 Å². The molecule has 0 bridgehead atoms. The van der Waals surface area contributed by atoms with Crippen molar-refractivity contribution in [1.29, 1.82) is 0 Å². The molecule has 0 aliphatic carbocycles. The Balaban J connectivity index is 1.91. The molecule has 0 unspecified atom stereocenters. The Morgan fingerprint density at radius 1 is 0.962 bits per heavy atom. The number of hydrogen-bond acceptors (Lipinski definition) is 12. The van der Waals surface area contributed by atoms with Crippen molar-refractivity contribution in [2.24, 2.45) is 5.11 Å². The molecule has 2 heterocycles. The average molecular weight is 384 g/mol. The summed E-state index contributed by atoms with van der Waals surface area (Å²) in [6, 6.07) is 0. The number of aliphatic hydroxyl groups is 6. The first-order valence-corrected chi connectivity index (χ1v) is 7.89. The van der Waals surface area contributed by atoms with E-state index in [4.69, 9.17) is 18.9 Å². The van der Waals surface area contributed by atoms with Crippen LogP contribution in [0.25, 0.3) is 0 Å². The Bertz CT molecular complexity index is 477. The summed E-state index contributed by atoms with van der Waals surface area (Å²) in [4.78, 5) is 0.239. The summed E-state index contributed by atoms with van der Waals surface area (Å²) < 4.78 is 20.6. The summed E-state index contributed by atoms with van der Waals surface area (Å²) in [5.41, 5.74) is 0. The van der Waals surface area contributed by atoms with Gasteiger partial charge in [0.2, 0.25) is 6.73 Å². The Hall–Kier alpha value is -1.00. The van der Waals surface area contributed by atoms with Crippen molar-refractivity contribution >= 4 is 0 Å². The fraction of sp³-hybridized carbons (Fsp3) is 1.00. The number of hydrogen-bond donors (Lipinski definition) is 6. The maximum absolute atomic E-state index is 10.7. The topological polar surface area (TPSA) is 197 Å². The highest BCUT2D eigenvalue weighted by Crippen LogP contribution is 2.24. The highest BCUT2D eigenvalue weighted by molar-refractivity contribution is 4.90. The van der Waals surface area contributed by atoms with Gasteiger partial charge in [-0.2, -0.15) is 0 Å². The molecule has 0 aromatic heterocycles. The second-order valence-corrected chi connectivity index (χ2v) is 6.00. The predicted octanol–water partition coefficient (Wildman–Crippen LogP) is -4.18. The Labute approximate surface area is 148 Å². The number of aliphatic hydroxyl groups excluding tert-OH is 6. The van der Waals surface area contributed by atoms with Gasteiger partial charge >= 0.3 is 0 Å². The van der Waals surface area contributed by atoms with Crippen molar-refractivity contribution in [3.63, 3.8) is 0 Å². The van der Waals surface area contributed by atoms with Crippen LogP contribution in [0.2, 0.25) is 0 Å². The van der Waals surface area contributed by atoms with Gasteiger partial charge in [0.1, 0.15) is 42.7 Å². The second-order valence-electron chi connectivity index (χ2n) is 6.00. The van der Waals surface area contributed by atoms with Crippen molar-refractivity contribution in [2.75, 3.05) is 27.0 Å². The molecule has 2 aliphatic rings. The largest absolute Gasteiger partial charge is 0.600 e. The van der Waals surface area contributed by atoms with E-state index < -0.39 is 68.6 Å². The number of ether oxygens (including phenoxy) is 4. The van der Waals surface area contributed by atoms with E-state index in [1.54, 1.807) is 0 Å². The van der Waals surface area contributed by atoms with Crippen LogP contribution in [0.4, 0.5) is 0 Å². The van der Waals surface area contributed by atoms with Gasteiger partial charge in [-0.1, -0.05) is 4.86 Å². The fourth-order valence-electron chi connectivity index (χ4n) is 2.50. The first-order valence-electron chi connectivity index (χ1n) is 7.89. The van der Waals surface area contributed by atoms with Crippen molar-refractivity contribution in [1.82, 2.24) is 0 Å². The molecule has 0 aromatic carbocycles. The van der Waals surface area contributed by atoms with Gasteiger partial charge in [0.05, 0.1) is 13.2 Å². The Morgan fingerprint density at radius 2 is 1.62 bits per heavy atom. The third kappa shape index (κ3) is 5.04. The lowest BCUT2D eigenvalue weighted by Gasteiger charge is -2.41. The SMILES string of the molecule is C[N+]([O-])=NCO[C@@H]1O[C@@H](CO[C@H]2OC[C@@H](O)[C@@H](O)[C@H]2O)[C@@H](O)[C@@H](O)[C@H]1O. The van der Waals surface area contributed by atoms with Gasteiger partial charge in [-0.15, -0.1) is 0 Å². The average Bonchev–Trinajstić information content (AvgIpc) is 2.60. The van der Waals surface area contributed by atoms with Gasteiger partial charge in [-0.05, 0) is 5.11 Å². The quantitative estimate of drug-likeness (QED) is 0.148. The summed E-state index contributed by atoms with van der Waals surface area (Å²) in [6.45, 7) is -1.12. The Kier molecular flexibility index (Phi) is 7.60. The van der Waals surface area contributed by atoms with Gasteiger partial charge in [0.25, 0.3) is 0 Å². The van der Waals surface area contributed by atoms with E-state index in [0.717, 1.165) is 7.05 Å². The third-order valence-electron chi connectivity index (χ3n) is 4.04. The van der Waals surface area contributed by atoms with E-state index >= 15 is 0 Å². The lowest BCUT2D eigenvalue weighted by molar-refractivity contribution is -0.505. The molecule has 0 aromatic rings. The van der Waals surface area contributed by atoms with E-state index in [0.29, 0.717) is 0 Å². The summed E-state index contributed by atoms with van der Waals surface area (Å²) >= 11 is 0. The molecular weight excluding hydrogens is 360 g/mol. The maximum Gasteiger partial charge on any atom is 0.203 e. The normalized spacial score (nSPS) is 44.9. The molecule has 13 nitrogen and oxygen atoms in total. The minimum absolute atomic E-state index is 0.239. The molecule has 2 aliphatic heterocycles.